The van der Waals surface area contributed by atoms with Crippen LogP contribution in [0.5, 0.6) is 0 Å². The maximum absolute atomic E-state index is 15.4. The molecule has 0 unspecified atom stereocenters. The largest absolute Gasteiger partial charge is 0.308 e. The first-order chi connectivity index (χ1) is 31.2. The van der Waals surface area contributed by atoms with Gasteiger partial charge in [-0.2, -0.15) is 10.5 Å². The van der Waals surface area contributed by atoms with Crippen molar-refractivity contribution in [2.45, 2.75) is 23.7 Å². The number of fused-ring (bicyclic) bond motifs is 9. The van der Waals surface area contributed by atoms with Crippen LogP contribution in [0, 0.1) is 22.7 Å². The van der Waals surface area contributed by atoms with E-state index in [9.17, 15) is 10.5 Å². The Morgan fingerprint density at radius 1 is 0.381 bits per heavy atom. The minimum Gasteiger partial charge on any atom is -0.308 e. The van der Waals surface area contributed by atoms with Crippen LogP contribution in [0.4, 0.5) is 0 Å². The van der Waals surface area contributed by atoms with Crippen molar-refractivity contribution in [3.05, 3.63) is 240 Å². The molecule has 6 aliphatic carbocycles. The van der Waals surface area contributed by atoms with E-state index in [0.717, 1.165) is 87.3 Å². The maximum Gasteiger partial charge on any atom is 0.194 e. The average molecular weight is 796 g/mol. The van der Waals surface area contributed by atoms with E-state index < -0.39 is 0 Å². The van der Waals surface area contributed by atoms with Crippen LogP contribution in [0.15, 0.2) is 156 Å². The molecule has 12 aromatic rings. The molecule has 2 heterocycles. The Morgan fingerprint density at radius 2 is 0.810 bits per heavy atom. The van der Waals surface area contributed by atoms with Gasteiger partial charge < -0.3 is 4.40 Å². The van der Waals surface area contributed by atoms with E-state index in [-0.39, 0.29) is 29.1 Å². The van der Waals surface area contributed by atoms with Gasteiger partial charge in [-0.3, -0.25) is 4.79 Å². The fourth-order valence-electron chi connectivity index (χ4n) is 13.8. The first-order valence-corrected chi connectivity index (χ1v) is 21.8. The molecule has 4 bridgehead atoms. The van der Waals surface area contributed by atoms with Crippen molar-refractivity contribution >= 4 is 70.4 Å². The Morgan fingerprint density at radius 3 is 1.29 bits per heavy atom. The van der Waals surface area contributed by atoms with Gasteiger partial charge in [0.2, 0.25) is 0 Å². The number of nitriles is 2. The van der Waals surface area contributed by atoms with Crippen LogP contribution in [0.1, 0.15) is 102 Å². The third kappa shape index (κ3) is 3.46. The Kier molecular flexibility index (Phi) is 5.54. The van der Waals surface area contributed by atoms with Gasteiger partial charge in [-0.25, -0.2) is 0 Å². The van der Waals surface area contributed by atoms with Gasteiger partial charge in [0.15, 0.2) is 5.43 Å². The molecular formula is C59H29N3O. The number of hydrogen-bond donors (Lipinski definition) is 0. The average Bonchev–Trinajstić information content (AvgIpc) is 3.86. The molecule has 286 valence electrons. The lowest BCUT2D eigenvalue weighted by atomic mass is 9.59. The third-order valence-corrected chi connectivity index (χ3v) is 15.8. The van der Waals surface area contributed by atoms with Crippen molar-refractivity contribution < 1.29 is 0 Å². The highest BCUT2D eigenvalue weighted by Crippen LogP contribution is 2.63. The van der Waals surface area contributed by atoms with E-state index in [1.54, 1.807) is 0 Å². The summed E-state index contributed by atoms with van der Waals surface area (Å²) in [5.41, 5.74) is 18.9. The molecule has 0 aliphatic heterocycles. The number of benzene rings is 10. The molecule has 0 fully saturated rings. The van der Waals surface area contributed by atoms with E-state index in [2.05, 4.69) is 156 Å². The van der Waals surface area contributed by atoms with Crippen LogP contribution in [-0.4, -0.2) is 4.40 Å². The fraction of sp³-hybridized carbons (Fsp3) is 0.0678. The summed E-state index contributed by atoms with van der Waals surface area (Å²) in [6, 6.07) is 59.5. The molecular weight excluding hydrogens is 767 g/mol. The van der Waals surface area contributed by atoms with Crippen molar-refractivity contribution in [2.75, 3.05) is 0 Å². The molecule has 2 aromatic heterocycles. The van der Waals surface area contributed by atoms with Crippen molar-refractivity contribution in [3.63, 3.8) is 0 Å². The molecule has 0 atom stereocenters. The van der Waals surface area contributed by atoms with Crippen molar-refractivity contribution in [2.24, 2.45) is 0 Å². The quantitative estimate of drug-likeness (QED) is 0.113. The summed E-state index contributed by atoms with van der Waals surface area (Å²) in [5.74, 6) is -0.420. The van der Waals surface area contributed by atoms with E-state index in [0.29, 0.717) is 16.5 Å². The summed E-state index contributed by atoms with van der Waals surface area (Å²) < 4.78 is 2.38. The van der Waals surface area contributed by atoms with Crippen LogP contribution in [0.3, 0.4) is 0 Å². The monoisotopic (exact) mass is 795 g/mol. The molecule has 0 saturated heterocycles. The highest BCUT2D eigenvalue weighted by molar-refractivity contribution is 6.38. The third-order valence-electron chi connectivity index (χ3n) is 15.8. The standard InChI is InChI=1S/C59H29N3O/c60-26-29-23-43-53(55-46(29)48-31-13-1-5-17-35(31)50(55)36-18-6-2-14-32(36)48)41-25-42-52(39-21-9-11-28-12-10-22-40(45(28)39)59(42)63)57-54-44(62(43)58(41)57)24-30(27-61)47-49-33-15-3-7-19-37(33)51(56(47)54)38-20-8-4-16-34(38)49/h1-25,48-51H. The lowest BCUT2D eigenvalue weighted by Gasteiger charge is -2.43. The van der Waals surface area contributed by atoms with Gasteiger partial charge in [-0.1, -0.05) is 133 Å². The van der Waals surface area contributed by atoms with Crippen LogP contribution in [-0.2, 0) is 0 Å². The maximum atomic E-state index is 15.4. The molecule has 4 nitrogen and oxygen atoms in total. The van der Waals surface area contributed by atoms with Crippen molar-refractivity contribution in [1.82, 2.24) is 4.40 Å². The summed E-state index contributed by atoms with van der Waals surface area (Å²) in [4.78, 5) is 15.4. The number of hydrogen-bond acceptors (Lipinski definition) is 3. The van der Waals surface area contributed by atoms with Gasteiger partial charge in [0.25, 0.3) is 0 Å². The molecule has 0 N–H and O–H groups in total. The molecule has 18 rings (SSSR count). The number of rotatable bonds is 0. The van der Waals surface area contributed by atoms with Gasteiger partial charge in [0.05, 0.1) is 39.8 Å². The number of nitrogens with zero attached hydrogens (tertiary/aromatic N) is 3. The zero-order chi connectivity index (χ0) is 41.1. The van der Waals surface area contributed by atoms with E-state index in [4.69, 9.17) is 0 Å². The van der Waals surface area contributed by atoms with Gasteiger partial charge in [0.1, 0.15) is 0 Å². The molecule has 0 saturated carbocycles. The second-order valence-electron chi connectivity index (χ2n) is 18.2. The normalized spacial score (nSPS) is 18.5. The highest BCUT2D eigenvalue weighted by Gasteiger charge is 2.47. The topological polar surface area (TPSA) is 69.1 Å². The highest BCUT2D eigenvalue weighted by atomic mass is 16.1. The number of aromatic nitrogens is 1. The van der Waals surface area contributed by atoms with E-state index >= 15 is 4.79 Å². The summed E-state index contributed by atoms with van der Waals surface area (Å²) in [7, 11) is 0. The fourth-order valence-corrected chi connectivity index (χ4v) is 13.8. The predicted octanol–water partition coefficient (Wildman–Crippen LogP) is 12.8. The molecule has 6 aliphatic rings. The van der Waals surface area contributed by atoms with Crippen LogP contribution in [0.25, 0.3) is 70.4 Å². The minimum absolute atomic E-state index is 0.0289. The van der Waals surface area contributed by atoms with Crippen LogP contribution in [0.2, 0.25) is 0 Å². The predicted molar refractivity (Wildman–Crippen MR) is 250 cm³/mol. The van der Waals surface area contributed by atoms with Gasteiger partial charge in [-0.05, 0) is 95.7 Å². The smallest absolute Gasteiger partial charge is 0.194 e. The summed E-state index contributed by atoms with van der Waals surface area (Å²) in [5, 5.41) is 32.3. The van der Waals surface area contributed by atoms with E-state index in [1.807, 2.05) is 12.1 Å². The van der Waals surface area contributed by atoms with Gasteiger partial charge >= 0.3 is 0 Å². The molecule has 4 heteroatoms. The van der Waals surface area contributed by atoms with E-state index in [1.165, 1.54) is 44.5 Å². The second kappa shape index (κ2) is 10.8. The van der Waals surface area contributed by atoms with Crippen molar-refractivity contribution in [1.29, 1.82) is 10.5 Å². The molecule has 0 amide bonds. The summed E-state index contributed by atoms with van der Waals surface area (Å²) in [6.45, 7) is 0. The zero-order valence-electron chi connectivity index (χ0n) is 33.5. The van der Waals surface area contributed by atoms with Gasteiger partial charge in [-0.15, -0.1) is 0 Å². The Bertz CT molecular complexity index is 4250. The lowest BCUT2D eigenvalue weighted by molar-refractivity contribution is 0.758. The molecule has 0 radical (unpaired) electrons. The molecule has 63 heavy (non-hydrogen) atoms. The second-order valence-corrected chi connectivity index (χ2v) is 18.2. The summed E-state index contributed by atoms with van der Waals surface area (Å²) >= 11 is 0. The Labute approximate surface area is 359 Å². The van der Waals surface area contributed by atoms with Crippen LogP contribution >= 0.6 is 0 Å². The van der Waals surface area contributed by atoms with Crippen LogP contribution < -0.4 is 5.43 Å². The first kappa shape index (κ1) is 32.5. The Hall–Kier alpha value is -8.31. The Balaban J connectivity index is 1.20. The molecule has 0 spiro atoms. The first-order valence-electron chi connectivity index (χ1n) is 21.8. The minimum atomic E-state index is -0.116. The van der Waals surface area contributed by atoms with Crippen molar-refractivity contribution in [3.8, 4) is 12.1 Å². The zero-order valence-corrected chi connectivity index (χ0v) is 33.5. The SMILES string of the molecule is N#Cc1cc2c(c3c1C1c4ccccc4C3c3ccccc31)c1cc3c(=O)c4cccc5cccc(c54)c3c3c4c5c(c(C#N)cc4n2c13)C1c2ccccc2C5c2ccccc21. The summed E-state index contributed by atoms with van der Waals surface area (Å²) in [6.07, 6.45) is 0. The van der Waals surface area contributed by atoms with Gasteiger partial charge in [0, 0.05) is 66.8 Å². The molecule has 10 aromatic carbocycles. The lowest BCUT2D eigenvalue weighted by Crippen LogP contribution is -2.28.